The number of carbonyl (C=O) groups excluding carboxylic acids is 1. The minimum absolute atomic E-state index is 0.0517. The molecule has 0 saturated carbocycles. The Hall–Kier alpha value is -2.21. The first kappa shape index (κ1) is 13.2. The second-order valence-electron chi connectivity index (χ2n) is 4.20. The van der Waals surface area contributed by atoms with Gasteiger partial charge >= 0.3 is 0 Å². The molecule has 0 atom stereocenters. The third kappa shape index (κ3) is 4.18. The van der Waals surface area contributed by atoms with Crippen molar-refractivity contribution in [2.45, 2.75) is 6.42 Å². The van der Waals surface area contributed by atoms with Crippen LogP contribution < -0.4 is 10.6 Å². The van der Waals surface area contributed by atoms with E-state index in [2.05, 4.69) is 20.8 Å². The van der Waals surface area contributed by atoms with Crippen molar-refractivity contribution in [1.29, 1.82) is 0 Å². The molecule has 0 unspecified atom stereocenters. The maximum Gasteiger partial charge on any atom is 0.238 e. The molecule has 0 aliphatic rings. The lowest BCUT2D eigenvalue weighted by atomic mass is 10.3. The summed E-state index contributed by atoms with van der Waals surface area (Å²) in [5.74, 6) is 0.847. The van der Waals surface area contributed by atoms with E-state index in [0.717, 1.165) is 17.9 Å². The number of nitrogens with zero attached hydrogens (tertiary/aromatic N) is 3. The van der Waals surface area contributed by atoms with E-state index in [9.17, 15) is 4.79 Å². The Bertz CT molecular complexity index is 523. The largest absolute Gasteiger partial charge is 0.325 e. The molecule has 0 spiro atoms. The van der Waals surface area contributed by atoms with Gasteiger partial charge in [-0.3, -0.25) is 4.79 Å². The van der Waals surface area contributed by atoms with Gasteiger partial charge in [-0.05, 0) is 12.1 Å². The van der Waals surface area contributed by atoms with Gasteiger partial charge in [0.15, 0.2) is 0 Å². The van der Waals surface area contributed by atoms with Crippen molar-refractivity contribution in [3.05, 3.63) is 42.5 Å². The average Bonchev–Trinajstić information content (AvgIpc) is 2.81. The van der Waals surface area contributed by atoms with Crippen LogP contribution in [0.4, 0.5) is 5.69 Å². The maximum absolute atomic E-state index is 11.6. The molecular formula is C13H17N5O. The highest BCUT2D eigenvalue weighted by atomic mass is 16.1. The first-order chi connectivity index (χ1) is 9.25. The normalized spacial score (nSPS) is 10.4. The zero-order valence-electron chi connectivity index (χ0n) is 10.8. The zero-order valence-corrected chi connectivity index (χ0v) is 10.8. The molecule has 1 amide bonds. The van der Waals surface area contributed by atoms with Crippen LogP contribution in [0.3, 0.4) is 0 Å². The zero-order chi connectivity index (χ0) is 13.5. The summed E-state index contributed by atoms with van der Waals surface area (Å²) in [6, 6.07) is 9.40. The first-order valence-electron chi connectivity index (χ1n) is 6.14. The molecule has 2 N–H and O–H groups in total. The predicted octanol–water partition coefficient (Wildman–Crippen LogP) is 0.586. The molecule has 0 fully saturated rings. The third-order valence-corrected chi connectivity index (χ3v) is 2.67. The van der Waals surface area contributed by atoms with E-state index in [0.29, 0.717) is 6.54 Å². The molecule has 0 radical (unpaired) electrons. The number of amides is 1. The molecule has 6 nitrogen and oxygen atoms in total. The highest BCUT2D eigenvalue weighted by molar-refractivity contribution is 5.92. The molecular weight excluding hydrogens is 242 g/mol. The van der Waals surface area contributed by atoms with Crippen LogP contribution in [0, 0.1) is 0 Å². The summed E-state index contributed by atoms with van der Waals surface area (Å²) >= 11 is 0. The predicted molar refractivity (Wildman–Crippen MR) is 72.6 cm³/mol. The Kier molecular flexibility index (Phi) is 4.63. The van der Waals surface area contributed by atoms with Gasteiger partial charge in [0, 0.05) is 25.7 Å². The van der Waals surface area contributed by atoms with Gasteiger partial charge in [0.25, 0.3) is 0 Å². The molecule has 0 aliphatic carbocycles. The van der Waals surface area contributed by atoms with Crippen LogP contribution in [-0.2, 0) is 18.3 Å². The number of anilines is 1. The van der Waals surface area contributed by atoms with Gasteiger partial charge in [0.1, 0.15) is 12.2 Å². The quantitative estimate of drug-likeness (QED) is 0.745. The molecule has 0 saturated heterocycles. The van der Waals surface area contributed by atoms with Crippen molar-refractivity contribution < 1.29 is 4.79 Å². The summed E-state index contributed by atoms with van der Waals surface area (Å²) in [4.78, 5) is 11.6. The Morgan fingerprint density at radius 3 is 2.79 bits per heavy atom. The highest BCUT2D eigenvalue weighted by Crippen LogP contribution is 2.03. The van der Waals surface area contributed by atoms with Crippen molar-refractivity contribution in [1.82, 2.24) is 20.1 Å². The standard InChI is InChI=1S/C13H17N5O/c1-18-10-15-17-12(18)7-8-14-9-13(19)16-11-5-3-2-4-6-11/h2-6,10,14H,7-9H2,1H3,(H,16,19). The van der Waals surface area contributed by atoms with Crippen LogP contribution in [0.25, 0.3) is 0 Å². The van der Waals surface area contributed by atoms with Crippen LogP contribution in [0.2, 0.25) is 0 Å². The maximum atomic E-state index is 11.6. The number of aromatic nitrogens is 3. The molecule has 2 aromatic rings. The second-order valence-corrected chi connectivity index (χ2v) is 4.20. The molecule has 0 aliphatic heterocycles. The van der Waals surface area contributed by atoms with Gasteiger partial charge < -0.3 is 15.2 Å². The number of para-hydroxylation sites is 1. The minimum atomic E-state index is -0.0517. The summed E-state index contributed by atoms with van der Waals surface area (Å²) in [6.07, 6.45) is 2.41. The number of rotatable bonds is 6. The Labute approximate surface area is 111 Å². The fraction of sp³-hybridized carbons (Fsp3) is 0.308. The summed E-state index contributed by atoms with van der Waals surface area (Å²) in [6.45, 7) is 0.974. The van der Waals surface area contributed by atoms with Gasteiger partial charge in [0.05, 0.1) is 6.54 Å². The van der Waals surface area contributed by atoms with Crippen LogP contribution in [0.1, 0.15) is 5.82 Å². The summed E-state index contributed by atoms with van der Waals surface area (Å²) < 4.78 is 1.87. The van der Waals surface area contributed by atoms with Crippen molar-refractivity contribution in [3.8, 4) is 0 Å². The van der Waals surface area contributed by atoms with E-state index in [4.69, 9.17) is 0 Å². The van der Waals surface area contributed by atoms with Crippen molar-refractivity contribution >= 4 is 11.6 Å². The Balaban J connectivity index is 1.66. The van der Waals surface area contributed by atoms with E-state index in [1.165, 1.54) is 0 Å². The molecule has 1 heterocycles. The molecule has 1 aromatic heterocycles. The van der Waals surface area contributed by atoms with Gasteiger partial charge in [-0.1, -0.05) is 18.2 Å². The molecule has 6 heteroatoms. The average molecular weight is 259 g/mol. The monoisotopic (exact) mass is 259 g/mol. The lowest BCUT2D eigenvalue weighted by Crippen LogP contribution is -2.29. The summed E-state index contributed by atoms with van der Waals surface area (Å²) in [7, 11) is 1.90. The third-order valence-electron chi connectivity index (χ3n) is 2.67. The first-order valence-corrected chi connectivity index (χ1v) is 6.14. The molecule has 0 bridgehead atoms. The smallest absolute Gasteiger partial charge is 0.238 e. The number of hydrogen-bond donors (Lipinski definition) is 2. The highest BCUT2D eigenvalue weighted by Gasteiger charge is 2.03. The van der Waals surface area contributed by atoms with E-state index >= 15 is 0 Å². The van der Waals surface area contributed by atoms with Crippen LogP contribution >= 0.6 is 0 Å². The summed E-state index contributed by atoms with van der Waals surface area (Å²) in [5, 5.41) is 13.7. The number of aryl methyl sites for hydroxylation is 1. The van der Waals surface area contributed by atoms with Gasteiger partial charge in [0.2, 0.25) is 5.91 Å². The number of hydrogen-bond acceptors (Lipinski definition) is 4. The fourth-order valence-electron chi connectivity index (χ4n) is 1.66. The van der Waals surface area contributed by atoms with Crippen molar-refractivity contribution in [2.24, 2.45) is 7.05 Å². The van der Waals surface area contributed by atoms with Gasteiger partial charge in [-0.15, -0.1) is 10.2 Å². The minimum Gasteiger partial charge on any atom is -0.325 e. The van der Waals surface area contributed by atoms with Gasteiger partial charge in [-0.25, -0.2) is 0 Å². The van der Waals surface area contributed by atoms with Crippen LogP contribution in [0.15, 0.2) is 36.7 Å². The Morgan fingerprint density at radius 2 is 2.11 bits per heavy atom. The number of carbonyl (C=O) groups is 1. The van der Waals surface area contributed by atoms with Crippen molar-refractivity contribution in [3.63, 3.8) is 0 Å². The summed E-state index contributed by atoms with van der Waals surface area (Å²) in [5.41, 5.74) is 0.808. The fourth-order valence-corrected chi connectivity index (χ4v) is 1.66. The molecule has 19 heavy (non-hydrogen) atoms. The van der Waals surface area contributed by atoms with E-state index in [-0.39, 0.29) is 12.5 Å². The Morgan fingerprint density at radius 1 is 1.32 bits per heavy atom. The van der Waals surface area contributed by atoms with Crippen LogP contribution in [0.5, 0.6) is 0 Å². The molecule has 100 valence electrons. The molecule has 1 aromatic carbocycles. The molecule has 2 rings (SSSR count). The lowest BCUT2D eigenvalue weighted by molar-refractivity contribution is -0.115. The second kappa shape index (κ2) is 6.65. The van der Waals surface area contributed by atoms with E-state index in [1.54, 1.807) is 6.33 Å². The topological polar surface area (TPSA) is 71.8 Å². The number of benzene rings is 1. The van der Waals surface area contributed by atoms with E-state index < -0.39 is 0 Å². The lowest BCUT2D eigenvalue weighted by Gasteiger charge is -2.06. The van der Waals surface area contributed by atoms with Crippen LogP contribution in [-0.4, -0.2) is 33.8 Å². The van der Waals surface area contributed by atoms with E-state index in [1.807, 2.05) is 41.9 Å². The number of nitrogens with one attached hydrogen (secondary N) is 2. The van der Waals surface area contributed by atoms with Crippen molar-refractivity contribution in [2.75, 3.05) is 18.4 Å². The SMILES string of the molecule is Cn1cnnc1CCNCC(=O)Nc1ccccc1. The van der Waals surface area contributed by atoms with Gasteiger partial charge in [-0.2, -0.15) is 0 Å².